The molecule has 1 aliphatic rings. The van der Waals surface area contributed by atoms with Crippen LogP contribution in [0.5, 0.6) is 0 Å². The molecule has 3 amide bonds. The number of nitrogens with zero attached hydrogens (tertiary/aromatic N) is 2. The van der Waals surface area contributed by atoms with Gasteiger partial charge >= 0.3 is 6.03 Å². The van der Waals surface area contributed by atoms with E-state index in [1.807, 2.05) is 13.0 Å². The molecule has 0 aromatic heterocycles. The van der Waals surface area contributed by atoms with E-state index >= 15 is 0 Å². The molecule has 1 aliphatic heterocycles. The summed E-state index contributed by atoms with van der Waals surface area (Å²) in [7, 11) is 1.51. The van der Waals surface area contributed by atoms with Crippen molar-refractivity contribution in [2.24, 2.45) is 0 Å². The maximum Gasteiger partial charge on any atom is 0.314 e. The fourth-order valence-corrected chi connectivity index (χ4v) is 2.69. The van der Waals surface area contributed by atoms with Gasteiger partial charge in [-0.15, -0.1) is 0 Å². The topological polar surface area (TPSA) is 64.7 Å². The van der Waals surface area contributed by atoms with E-state index < -0.39 is 0 Å². The summed E-state index contributed by atoms with van der Waals surface area (Å²) in [6, 6.07) is 6.36. The van der Waals surface area contributed by atoms with Crippen LogP contribution >= 0.6 is 0 Å². The predicted molar refractivity (Wildman–Crippen MR) is 85.4 cm³/mol. The number of nitrogens with one attached hydrogen (secondary N) is 2. The molecule has 0 radical (unpaired) electrons. The average Bonchev–Trinajstić information content (AvgIpc) is 2.58. The van der Waals surface area contributed by atoms with E-state index in [4.69, 9.17) is 0 Å². The minimum atomic E-state index is -0.364. The van der Waals surface area contributed by atoms with Crippen LogP contribution < -0.4 is 10.6 Å². The van der Waals surface area contributed by atoms with Gasteiger partial charge in [-0.25, -0.2) is 9.18 Å². The molecular formula is C16H23FN4O2. The van der Waals surface area contributed by atoms with Crippen molar-refractivity contribution in [3.05, 3.63) is 35.6 Å². The van der Waals surface area contributed by atoms with Gasteiger partial charge in [0.05, 0.1) is 6.54 Å². The Labute approximate surface area is 135 Å². The van der Waals surface area contributed by atoms with E-state index in [1.165, 1.54) is 13.1 Å². The van der Waals surface area contributed by atoms with Gasteiger partial charge in [-0.2, -0.15) is 0 Å². The number of carbonyl (C=O) groups is 2. The van der Waals surface area contributed by atoms with Crippen molar-refractivity contribution >= 4 is 11.9 Å². The van der Waals surface area contributed by atoms with Crippen LogP contribution in [0.3, 0.4) is 0 Å². The van der Waals surface area contributed by atoms with Crippen LogP contribution in [0.15, 0.2) is 24.3 Å². The Bertz CT molecular complexity index is 559. The van der Waals surface area contributed by atoms with E-state index in [9.17, 15) is 14.0 Å². The summed E-state index contributed by atoms with van der Waals surface area (Å²) in [5.74, 6) is -0.324. The molecule has 1 fully saturated rings. The zero-order valence-corrected chi connectivity index (χ0v) is 13.5. The van der Waals surface area contributed by atoms with Crippen LogP contribution in [0.1, 0.15) is 18.5 Å². The maximum atomic E-state index is 13.3. The van der Waals surface area contributed by atoms with Crippen LogP contribution in [0.2, 0.25) is 0 Å². The number of urea groups is 1. The van der Waals surface area contributed by atoms with Crippen molar-refractivity contribution < 1.29 is 14.0 Å². The lowest BCUT2D eigenvalue weighted by Crippen LogP contribution is -2.52. The lowest BCUT2D eigenvalue weighted by molar-refractivity contribution is -0.132. The van der Waals surface area contributed by atoms with Crippen molar-refractivity contribution in [1.29, 1.82) is 0 Å². The maximum absolute atomic E-state index is 13.3. The second-order valence-electron chi connectivity index (χ2n) is 5.58. The lowest BCUT2D eigenvalue weighted by atomic mass is 10.1. The summed E-state index contributed by atoms with van der Waals surface area (Å²) in [6.07, 6.45) is 0. The van der Waals surface area contributed by atoms with Crippen molar-refractivity contribution in [2.75, 3.05) is 39.8 Å². The monoisotopic (exact) mass is 322 g/mol. The predicted octanol–water partition coefficient (Wildman–Crippen LogP) is 0.960. The number of carbonyl (C=O) groups excluding carboxylic acids is 2. The molecule has 23 heavy (non-hydrogen) atoms. The molecule has 0 unspecified atom stereocenters. The Morgan fingerprint density at radius 3 is 2.57 bits per heavy atom. The zero-order chi connectivity index (χ0) is 16.8. The minimum absolute atomic E-state index is 0.000870. The molecular weight excluding hydrogens is 299 g/mol. The Hall–Kier alpha value is -2.15. The first kappa shape index (κ1) is 17.2. The molecule has 0 bridgehead atoms. The number of halogens is 1. The summed E-state index contributed by atoms with van der Waals surface area (Å²) in [5, 5.41) is 4.91. The van der Waals surface area contributed by atoms with E-state index in [0.29, 0.717) is 13.1 Å². The average molecular weight is 322 g/mol. The van der Waals surface area contributed by atoms with E-state index in [2.05, 4.69) is 15.5 Å². The Kier molecular flexibility index (Phi) is 5.92. The second kappa shape index (κ2) is 7.92. The van der Waals surface area contributed by atoms with Gasteiger partial charge in [0, 0.05) is 39.3 Å². The molecule has 1 heterocycles. The smallest absolute Gasteiger partial charge is 0.314 e. The summed E-state index contributed by atoms with van der Waals surface area (Å²) in [4.78, 5) is 27.1. The van der Waals surface area contributed by atoms with Gasteiger partial charge < -0.3 is 15.5 Å². The highest BCUT2D eigenvalue weighted by atomic mass is 19.1. The fourth-order valence-electron chi connectivity index (χ4n) is 2.69. The molecule has 7 heteroatoms. The van der Waals surface area contributed by atoms with Crippen LogP contribution in [0.25, 0.3) is 0 Å². The van der Waals surface area contributed by atoms with Gasteiger partial charge in [0.1, 0.15) is 5.82 Å². The standard InChI is InChI=1S/C16H23FN4O2/c1-12(13-4-3-5-14(17)10-13)20-6-8-21(9-7-20)15(22)11-19-16(23)18-2/h3-5,10,12H,6-9,11H2,1-2H3,(H2,18,19,23)/t12-/m1/s1. The van der Waals surface area contributed by atoms with E-state index in [0.717, 1.165) is 18.7 Å². The van der Waals surface area contributed by atoms with Crippen LogP contribution in [-0.2, 0) is 4.79 Å². The first-order valence-corrected chi connectivity index (χ1v) is 7.74. The van der Waals surface area contributed by atoms with Crippen LogP contribution in [0.4, 0.5) is 9.18 Å². The first-order valence-electron chi connectivity index (χ1n) is 7.74. The minimum Gasteiger partial charge on any atom is -0.341 e. The van der Waals surface area contributed by atoms with Gasteiger partial charge in [0.15, 0.2) is 0 Å². The number of amides is 3. The normalized spacial score (nSPS) is 16.7. The third-order valence-electron chi connectivity index (χ3n) is 4.17. The SMILES string of the molecule is CNC(=O)NCC(=O)N1CCN([C@H](C)c2cccc(F)c2)CC1. The molecule has 2 rings (SSSR count). The van der Waals surface area contributed by atoms with Crippen molar-refractivity contribution in [1.82, 2.24) is 20.4 Å². The molecule has 2 N–H and O–H groups in total. The Balaban J connectivity index is 1.83. The lowest BCUT2D eigenvalue weighted by Gasteiger charge is -2.38. The van der Waals surface area contributed by atoms with Crippen molar-refractivity contribution in [2.45, 2.75) is 13.0 Å². The number of piperazine rings is 1. The van der Waals surface area contributed by atoms with Crippen molar-refractivity contribution in [3.8, 4) is 0 Å². The fraction of sp³-hybridized carbons (Fsp3) is 0.500. The van der Waals surface area contributed by atoms with E-state index in [1.54, 1.807) is 17.0 Å². The van der Waals surface area contributed by atoms with Gasteiger partial charge in [-0.1, -0.05) is 12.1 Å². The summed E-state index contributed by atoms with van der Waals surface area (Å²) >= 11 is 0. The molecule has 1 atom stereocenters. The first-order chi connectivity index (χ1) is 11.0. The summed E-state index contributed by atoms with van der Waals surface area (Å²) < 4.78 is 13.3. The number of rotatable bonds is 4. The van der Waals surface area contributed by atoms with Gasteiger partial charge in [-0.3, -0.25) is 9.69 Å². The molecule has 1 aromatic carbocycles. The van der Waals surface area contributed by atoms with Crippen LogP contribution in [-0.4, -0.2) is 61.5 Å². The molecule has 6 nitrogen and oxygen atoms in total. The molecule has 0 spiro atoms. The third kappa shape index (κ3) is 4.66. The third-order valence-corrected chi connectivity index (χ3v) is 4.17. The number of benzene rings is 1. The highest BCUT2D eigenvalue weighted by Gasteiger charge is 2.24. The highest BCUT2D eigenvalue weighted by Crippen LogP contribution is 2.22. The Morgan fingerprint density at radius 2 is 1.96 bits per heavy atom. The Morgan fingerprint density at radius 1 is 1.26 bits per heavy atom. The largest absolute Gasteiger partial charge is 0.341 e. The van der Waals surface area contributed by atoms with Crippen molar-refractivity contribution in [3.63, 3.8) is 0 Å². The van der Waals surface area contributed by atoms with E-state index in [-0.39, 0.29) is 30.3 Å². The molecule has 1 aromatic rings. The summed E-state index contributed by atoms with van der Waals surface area (Å²) in [5.41, 5.74) is 0.936. The van der Waals surface area contributed by atoms with Gasteiger partial charge in [0.25, 0.3) is 0 Å². The molecule has 1 saturated heterocycles. The highest BCUT2D eigenvalue weighted by molar-refractivity contribution is 5.83. The number of hydrogen-bond donors (Lipinski definition) is 2. The summed E-state index contributed by atoms with van der Waals surface area (Å²) in [6.45, 7) is 4.70. The second-order valence-corrected chi connectivity index (χ2v) is 5.58. The number of hydrogen-bond acceptors (Lipinski definition) is 3. The quantitative estimate of drug-likeness (QED) is 0.868. The molecule has 0 aliphatic carbocycles. The zero-order valence-electron chi connectivity index (χ0n) is 13.5. The van der Waals surface area contributed by atoms with Crippen LogP contribution in [0, 0.1) is 5.82 Å². The molecule has 126 valence electrons. The molecule has 0 saturated carbocycles. The van der Waals surface area contributed by atoms with Gasteiger partial charge in [0.2, 0.25) is 5.91 Å². The van der Waals surface area contributed by atoms with Gasteiger partial charge in [-0.05, 0) is 24.6 Å².